The highest BCUT2D eigenvalue weighted by Gasteiger charge is 2.43. The van der Waals surface area contributed by atoms with Crippen LogP contribution in [0.1, 0.15) is 43.0 Å². The van der Waals surface area contributed by atoms with E-state index in [0.29, 0.717) is 56.9 Å². The number of aliphatic carboxylic acids is 1. The Morgan fingerprint density at radius 3 is 2.50 bits per heavy atom. The first kappa shape index (κ1) is 18.1. The van der Waals surface area contributed by atoms with Gasteiger partial charge in [0, 0.05) is 25.9 Å². The fourth-order valence-corrected chi connectivity index (χ4v) is 3.51. The summed E-state index contributed by atoms with van der Waals surface area (Å²) in [6, 6.07) is 9.31. The lowest BCUT2D eigenvalue weighted by molar-refractivity contribution is -0.148. The molecule has 1 fully saturated rings. The van der Waals surface area contributed by atoms with E-state index >= 15 is 0 Å². The quantitative estimate of drug-likeness (QED) is 0.852. The summed E-state index contributed by atoms with van der Waals surface area (Å²) in [6.07, 6.45) is 2.47. The Bertz CT molecular complexity index is 764. The van der Waals surface area contributed by atoms with Gasteiger partial charge >= 0.3 is 5.97 Å². The Morgan fingerprint density at radius 2 is 1.92 bits per heavy atom. The molecule has 0 unspecified atom stereocenters. The van der Waals surface area contributed by atoms with Crippen molar-refractivity contribution in [2.45, 2.75) is 44.4 Å². The van der Waals surface area contributed by atoms with Gasteiger partial charge < -0.3 is 14.5 Å². The van der Waals surface area contributed by atoms with Crippen LogP contribution in [-0.2, 0) is 21.4 Å². The summed E-state index contributed by atoms with van der Waals surface area (Å²) >= 11 is 0. The number of nitrogens with zero attached hydrogens (tertiary/aromatic N) is 3. The van der Waals surface area contributed by atoms with Gasteiger partial charge in [0.1, 0.15) is 0 Å². The molecule has 1 amide bonds. The number of piperidine rings is 1. The van der Waals surface area contributed by atoms with Crippen LogP contribution in [0.15, 0.2) is 34.9 Å². The third-order valence-electron chi connectivity index (χ3n) is 5.06. The molecule has 3 rings (SSSR count). The fourth-order valence-electron chi connectivity index (χ4n) is 3.51. The molecule has 7 nitrogen and oxygen atoms in total. The molecule has 0 radical (unpaired) electrons. The molecule has 2 aromatic rings. The van der Waals surface area contributed by atoms with Crippen LogP contribution < -0.4 is 0 Å². The molecule has 0 bridgehead atoms. The monoisotopic (exact) mass is 357 g/mol. The van der Waals surface area contributed by atoms with Crippen molar-refractivity contribution in [3.8, 4) is 0 Å². The second-order valence-electron chi connectivity index (χ2n) is 6.72. The maximum absolute atomic E-state index is 12.4. The Morgan fingerprint density at radius 1 is 1.23 bits per heavy atom. The largest absolute Gasteiger partial charge is 0.481 e. The summed E-state index contributed by atoms with van der Waals surface area (Å²) in [6.45, 7) is 2.67. The molecule has 0 saturated carbocycles. The second-order valence-corrected chi connectivity index (χ2v) is 6.72. The summed E-state index contributed by atoms with van der Waals surface area (Å²) in [5.74, 6) is 0.368. The zero-order valence-corrected chi connectivity index (χ0v) is 14.9. The van der Waals surface area contributed by atoms with Gasteiger partial charge in [0.15, 0.2) is 5.82 Å². The highest BCUT2D eigenvalue weighted by Crippen LogP contribution is 2.36. The van der Waals surface area contributed by atoms with Crippen LogP contribution >= 0.6 is 0 Å². The van der Waals surface area contributed by atoms with Crippen molar-refractivity contribution in [1.29, 1.82) is 0 Å². The van der Waals surface area contributed by atoms with Gasteiger partial charge in [-0.15, -0.1) is 0 Å². The predicted octanol–water partition coefficient (Wildman–Crippen LogP) is 2.35. The summed E-state index contributed by atoms with van der Waals surface area (Å²) < 4.78 is 5.04. The SMILES string of the molecule is Cc1noc(CCCC(=O)N2CCC(C(=O)O)(c3ccccc3)CC2)n1. The molecule has 0 spiro atoms. The number of carboxylic acids is 1. The van der Waals surface area contributed by atoms with E-state index in [1.54, 1.807) is 11.8 Å². The number of benzene rings is 1. The summed E-state index contributed by atoms with van der Waals surface area (Å²) in [5.41, 5.74) is -0.0920. The summed E-state index contributed by atoms with van der Waals surface area (Å²) in [5, 5.41) is 13.5. The van der Waals surface area contributed by atoms with Crippen molar-refractivity contribution in [1.82, 2.24) is 15.0 Å². The minimum atomic E-state index is -0.903. The third-order valence-corrected chi connectivity index (χ3v) is 5.06. The molecule has 0 aliphatic carbocycles. The van der Waals surface area contributed by atoms with E-state index < -0.39 is 11.4 Å². The lowest BCUT2D eigenvalue weighted by Crippen LogP contribution is -2.49. The lowest BCUT2D eigenvalue weighted by Gasteiger charge is -2.39. The van der Waals surface area contributed by atoms with Gasteiger partial charge in [0.05, 0.1) is 5.41 Å². The Balaban J connectivity index is 1.55. The maximum atomic E-state index is 12.4. The van der Waals surface area contributed by atoms with Gasteiger partial charge in [0.2, 0.25) is 11.8 Å². The van der Waals surface area contributed by atoms with Crippen molar-refractivity contribution in [3.05, 3.63) is 47.6 Å². The number of hydrogen-bond donors (Lipinski definition) is 1. The molecule has 0 atom stereocenters. The molecule has 1 saturated heterocycles. The van der Waals surface area contributed by atoms with E-state index in [-0.39, 0.29) is 5.91 Å². The molecule has 1 aromatic heterocycles. The molecule has 138 valence electrons. The molecule has 7 heteroatoms. The zero-order valence-electron chi connectivity index (χ0n) is 14.9. The van der Waals surface area contributed by atoms with E-state index in [1.165, 1.54) is 0 Å². The summed E-state index contributed by atoms with van der Waals surface area (Å²) in [7, 11) is 0. The van der Waals surface area contributed by atoms with Crippen molar-refractivity contribution >= 4 is 11.9 Å². The molecule has 1 aliphatic rings. The highest BCUT2D eigenvalue weighted by molar-refractivity contribution is 5.82. The van der Waals surface area contributed by atoms with Crippen LogP contribution in [-0.4, -0.2) is 45.1 Å². The molecule has 1 N–H and O–H groups in total. The van der Waals surface area contributed by atoms with Crippen molar-refractivity contribution < 1.29 is 19.2 Å². The number of rotatable bonds is 6. The van der Waals surface area contributed by atoms with Gasteiger partial charge in [-0.25, -0.2) is 0 Å². The number of amides is 1. The molecule has 1 aliphatic heterocycles. The average Bonchev–Trinajstić information content (AvgIpc) is 3.07. The second kappa shape index (κ2) is 7.68. The highest BCUT2D eigenvalue weighted by atomic mass is 16.5. The van der Waals surface area contributed by atoms with Crippen molar-refractivity contribution in [3.63, 3.8) is 0 Å². The van der Waals surface area contributed by atoms with Crippen LogP contribution in [0.25, 0.3) is 0 Å². The number of likely N-dealkylation sites (tertiary alicyclic amines) is 1. The number of carbonyl (C=O) groups excluding carboxylic acids is 1. The molecule has 26 heavy (non-hydrogen) atoms. The van der Waals surface area contributed by atoms with E-state index in [1.807, 2.05) is 30.3 Å². The van der Waals surface area contributed by atoms with Crippen LogP contribution in [0, 0.1) is 6.92 Å². The Labute approximate surface area is 152 Å². The zero-order chi connectivity index (χ0) is 18.6. The van der Waals surface area contributed by atoms with Crippen LogP contribution in [0.4, 0.5) is 0 Å². The van der Waals surface area contributed by atoms with Gasteiger partial charge in [-0.1, -0.05) is 35.5 Å². The number of aromatic nitrogens is 2. The lowest BCUT2D eigenvalue weighted by atomic mass is 9.73. The number of carboxylic acid groups (broad SMARTS) is 1. The van der Waals surface area contributed by atoms with Gasteiger partial charge in [-0.3, -0.25) is 9.59 Å². The molecule has 2 heterocycles. The van der Waals surface area contributed by atoms with E-state index in [9.17, 15) is 14.7 Å². The topological polar surface area (TPSA) is 96.5 Å². The van der Waals surface area contributed by atoms with E-state index in [0.717, 1.165) is 5.56 Å². The van der Waals surface area contributed by atoms with Crippen molar-refractivity contribution in [2.24, 2.45) is 0 Å². The molecule has 1 aromatic carbocycles. The number of aryl methyl sites for hydroxylation is 2. The smallest absolute Gasteiger partial charge is 0.314 e. The van der Waals surface area contributed by atoms with Crippen LogP contribution in [0.5, 0.6) is 0 Å². The standard InChI is InChI=1S/C19H23N3O4/c1-14-20-16(26-21-14)8-5-9-17(23)22-12-10-19(11-13-22,18(24)25)15-6-3-2-4-7-15/h2-4,6-7H,5,8-13H2,1H3,(H,24,25). The third kappa shape index (κ3) is 3.76. The molecular formula is C19H23N3O4. The minimum absolute atomic E-state index is 0.0493. The van der Waals surface area contributed by atoms with E-state index in [2.05, 4.69) is 10.1 Å². The van der Waals surface area contributed by atoms with Crippen LogP contribution in [0.2, 0.25) is 0 Å². The van der Waals surface area contributed by atoms with E-state index in [4.69, 9.17) is 4.52 Å². The normalized spacial score (nSPS) is 16.4. The van der Waals surface area contributed by atoms with Gasteiger partial charge in [-0.05, 0) is 31.7 Å². The molecular weight excluding hydrogens is 334 g/mol. The Kier molecular flexibility index (Phi) is 5.35. The van der Waals surface area contributed by atoms with Gasteiger partial charge in [0.25, 0.3) is 0 Å². The van der Waals surface area contributed by atoms with Crippen LogP contribution in [0.3, 0.4) is 0 Å². The first-order valence-corrected chi connectivity index (χ1v) is 8.87. The van der Waals surface area contributed by atoms with Gasteiger partial charge in [-0.2, -0.15) is 4.98 Å². The first-order chi connectivity index (χ1) is 12.5. The average molecular weight is 357 g/mol. The fraction of sp³-hybridized carbons (Fsp3) is 0.474. The summed E-state index contributed by atoms with van der Waals surface area (Å²) in [4.78, 5) is 30.3. The van der Waals surface area contributed by atoms with Crippen molar-refractivity contribution in [2.75, 3.05) is 13.1 Å². The first-order valence-electron chi connectivity index (χ1n) is 8.87. The minimum Gasteiger partial charge on any atom is -0.481 e. The maximum Gasteiger partial charge on any atom is 0.314 e. The number of carbonyl (C=O) groups is 2. The number of hydrogen-bond acceptors (Lipinski definition) is 5. The predicted molar refractivity (Wildman–Crippen MR) is 93.5 cm³/mol. The Hall–Kier alpha value is -2.70.